The van der Waals surface area contributed by atoms with Crippen molar-refractivity contribution in [1.82, 2.24) is 5.32 Å². The van der Waals surface area contributed by atoms with Crippen LogP contribution in [-0.4, -0.2) is 26.7 Å². The van der Waals surface area contributed by atoms with Crippen LogP contribution >= 0.6 is 0 Å². The molecular formula is C22H37NO3. The molecule has 4 nitrogen and oxygen atoms in total. The molecule has 0 aliphatic carbocycles. The molecule has 0 fully saturated rings. The molecule has 1 aromatic carbocycles. The van der Waals surface area contributed by atoms with Gasteiger partial charge in [-0.3, -0.25) is 4.79 Å². The first-order valence-corrected chi connectivity index (χ1v) is 10.2. The highest BCUT2D eigenvalue weighted by Gasteiger charge is 2.12. The van der Waals surface area contributed by atoms with Gasteiger partial charge < -0.3 is 14.8 Å². The molecule has 0 aromatic heterocycles. The van der Waals surface area contributed by atoms with Gasteiger partial charge in [0.2, 0.25) is 0 Å². The number of unbranched alkanes of at least 4 members (excludes halogenated alkanes) is 10. The highest BCUT2D eigenvalue weighted by Crippen LogP contribution is 2.24. The molecule has 26 heavy (non-hydrogen) atoms. The zero-order valence-electron chi connectivity index (χ0n) is 16.9. The van der Waals surface area contributed by atoms with Gasteiger partial charge in [-0.1, -0.05) is 71.1 Å². The first kappa shape index (κ1) is 22.3. The molecule has 0 aliphatic rings. The van der Waals surface area contributed by atoms with E-state index < -0.39 is 0 Å². The molecule has 0 saturated carbocycles. The summed E-state index contributed by atoms with van der Waals surface area (Å²) in [5.74, 6) is 1.14. The molecule has 148 valence electrons. The Morgan fingerprint density at radius 2 is 1.42 bits per heavy atom. The Labute approximate surface area is 159 Å². The lowest BCUT2D eigenvalue weighted by molar-refractivity contribution is 0.0950. The van der Waals surface area contributed by atoms with Crippen LogP contribution in [0.1, 0.15) is 87.9 Å². The van der Waals surface area contributed by atoms with Gasteiger partial charge in [-0.15, -0.1) is 0 Å². The van der Waals surface area contributed by atoms with Gasteiger partial charge in [-0.2, -0.15) is 0 Å². The van der Waals surface area contributed by atoms with E-state index in [1.54, 1.807) is 32.4 Å². The third-order valence-corrected chi connectivity index (χ3v) is 4.72. The fourth-order valence-electron chi connectivity index (χ4n) is 3.07. The van der Waals surface area contributed by atoms with Crippen molar-refractivity contribution in [1.29, 1.82) is 0 Å². The van der Waals surface area contributed by atoms with Gasteiger partial charge in [0.1, 0.15) is 11.5 Å². The maximum Gasteiger partial charge on any atom is 0.255 e. The van der Waals surface area contributed by atoms with Crippen LogP contribution < -0.4 is 14.8 Å². The van der Waals surface area contributed by atoms with E-state index in [1.165, 1.54) is 64.2 Å². The van der Waals surface area contributed by atoms with Crippen molar-refractivity contribution < 1.29 is 14.3 Å². The lowest BCUT2D eigenvalue weighted by Gasteiger charge is -2.10. The third-order valence-electron chi connectivity index (χ3n) is 4.72. The van der Waals surface area contributed by atoms with E-state index >= 15 is 0 Å². The fraction of sp³-hybridized carbons (Fsp3) is 0.682. The number of carbonyl (C=O) groups is 1. The van der Waals surface area contributed by atoms with Crippen molar-refractivity contribution in [2.45, 2.75) is 77.6 Å². The third kappa shape index (κ3) is 9.12. The van der Waals surface area contributed by atoms with Gasteiger partial charge >= 0.3 is 0 Å². The molecule has 0 aliphatic heterocycles. The van der Waals surface area contributed by atoms with Crippen molar-refractivity contribution in [3.8, 4) is 11.5 Å². The van der Waals surface area contributed by atoms with E-state index in [4.69, 9.17) is 9.47 Å². The molecule has 0 spiro atoms. The van der Waals surface area contributed by atoms with Crippen LogP contribution in [0.2, 0.25) is 0 Å². The highest BCUT2D eigenvalue weighted by molar-refractivity contribution is 5.97. The predicted molar refractivity (Wildman–Crippen MR) is 108 cm³/mol. The molecule has 0 heterocycles. The second-order valence-electron chi connectivity index (χ2n) is 6.86. The maximum atomic E-state index is 12.3. The Morgan fingerprint density at radius 3 is 1.96 bits per heavy atom. The number of amides is 1. The molecule has 1 rings (SSSR count). The second kappa shape index (κ2) is 14.5. The molecule has 1 amide bonds. The average Bonchev–Trinajstić information content (AvgIpc) is 2.68. The highest BCUT2D eigenvalue weighted by atomic mass is 16.5. The fourth-order valence-corrected chi connectivity index (χ4v) is 3.07. The van der Waals surface area contributed by atoms with E-state index in [-0.39, 0.29) is 5.91 Å². The topological polar surface area (TPSA) is 47.6 Å². The zero-order valence-corrected chi connectivity index (χ0v) is 16.9. The summed E-state index contributed by atoms with van der Waals surface area (Å²) in [6, 6.07) is 5.25. The number of rotatable bonds is 15. The number of hydrogen-bond acceptors (Lipinski definition) is 3. The van der Waals surface area contributed by atoms with E-state index in [0.29, 0.717) is 23.6 Å². The van der Waals surface area contributed by atoms with Crippen LogP contribution in [0, 0.1) is 0 Å². The van der Waals surface area contributed by atoms with Crippen LogP contribution in [0.4, 0.5) is 0 Å². The largest absolute Gasteiger partial charge is 0.497 e. The maximum absolute atomic E-state index is 12.3. The predicted octanol–water partition coefficient (Wildman–Crippen LogP) is 5.74. The summed E-state index contributed by atoms with van der Waals surface area (Å²) in [5, 5.41) is 2.98. The number of benzene rings is 1. The normalized spacial score (nSPS) is 10.6. The number of nitrogens with one attached hydrogen (secondary N) is 1. The van der Waals surface area contributed by atoms with Crippen LogP contribution in [0.5, 0.6) is 11.5 Å². The van der Waals surface area contributed by atoms with Gasteiger partial charge in [-0.05, 0) is 18.6 Å². The van der Waals surface area contributed by atoms with E-state index in [1.807, 2.05) is 0 Å². The number of ether oxygens (including phenoxy) is 2. The Kier molecular flexibility index (Phi) is 12.4. The van der Waals surface area contributed by atoms with Crippen LogP contribution in [-0.2, 0) is 0 Å². The smallest absolute Gasteiger partial charge is 0.255 e. The number of hydrogen-bond donors (Lipinski definition) is 1. The number of methoxy groups -OCH3 is 2. The van der Waals surface area contributed by atoms with Crippen molar-refractivity contribution in [3.05, 3.63) is 23.8 Å². The van der Waals surface area contributed by atoms with Crippen molar-refractivity contribution in [3.63, 3.8) is 0 Å². The monoisotopic (exact) mass is 363 g/mol. The average molecular weight is 364 g/mol. The molecule has 0 radical (unpaired) electrons. The van der Waals surface area contributed by atoms with E-state index in [9.17, 15) is 4.79 Å². The van der Waals surface area contributed by atoms with Crippen LogP contribution in [0.3, 0.4) is 0 Å². The number of carbonyl (C=O) groups excluding carboxylic acids is 1. The van der Waals surface area contributed by atoms with Crippen molar-refractivity contribution in [2.24, 2.45) is 0 Å². The zero-order chi connectivity index (χ0) is 19.0. The quantitative estimate of drug-likeness (QED) is 0.404. The Hall–Kier alpha value is -1.71. The molecule has 1 aromatic rings. The summed E-state index contributed by atoms with van der Waals surface area (Å²) in [6.07, 6.45) is 14.4. The first-order chi connectivity index (χ1) is 12.7. The van der Waals surface area contributed by atoms with Gasteiger partial charge in [0.25, 0.3) is 5.91 Å². The second-order valence-corrected chi connectivity index (χ2v) is 6.86. The first-order valence-electron chi connectivity index (χ1n) is 10.2. The van der Waals surface area contributed by atoms with Gasteiger partial charge in [-0.25, -0.2) is 0 Å². The molecule has 0 saturated heterocycles. The molecule has 4 heteroatoms. The SMILES string of the molecule is CCCCCCCCCCCCCNC(=O)c1ccc(OC)cc1OC. The molecule has 0 atom stereocenters. The standard InChI is InChI=1S/C22H37NO3/c1-4-5-6-7-8-9-10-11-12-13-14-17-23-22(24)20-16-15-19(25-2)18-21(20)26-3/h15-16,18H,4-14,17H2,1-3H3,(H,23,24). The molecule has 0 bridgehead atoms. The van der Waals surface area contributed by atoms with Crippen molar-refractivity contribution >= 4 is 5.91 Å². The Bertz CT molecular complexity index is 502. The van der Waals surface area contributed by atoms with Gasteiger partial charge in [0.05, 0.1) is 19.8 Å². The van der Waals surface area contributed by atoms with Crippen LogP contribution in [0.15, 0.2) is 18.2 Å². The molecule has 1 N–H and O–H groups in total. The molecular weight excluding hydrogens is 326 g/mol. The Balaban J connectivity index is 2.08. The lowest BCUT2D eigenvalue weighted by atomic mass is 10.1. The summed E-state index contributed by atoms with van der Waals surface area (Å²) in [6.45, 7) is 2.97. The molecule has 0 unspecified atom stereocenters. The minimum Gasteiger partial charge on any atom is -0.497 e. The summed E-state index contributed by atoms with van der Waals surface area (Å²) in [7, 11) is 3.16. The summed E-state index contributed by atoms with van der Waals surface area (Å²) < 4.78 is 10.4. The minimum absolute atomic E-state index is 0.0865. The van der Waals surface area contributed by atoms with Crippen LogP contribution in [0.25, 0.3) is 0 Å². The van der Waals surface area contributed by atoms with Crippen molar-refractivity contribution in [2.75, 3.05) is 20.8 Å². The Morgan fingerprint density at radius 1 is 0.846 bits per heavy atom. The lowest BCUT2D eigenvalue weighted by Crippen LogP contribution is -2.24. The van der Waals surface area contributed by atoms with E-state index in [2.05, 4.69) is 12.2 Å². The summed E-state index contributed by atoms with van der Waals surface area (Å²) in [5.41, 5.74) is 0.552. The summed E-state index contributed by atoms with van der Waals surface area (Å²) >= 11 is 0. The minimum atomic E-state index is -0.0865. The van der Waals surface area contributed by atoms with Gasteiger partial charge in [0, 0.05) is 12.6 Å². The summed E-state index contributed by atoms with van der Waals surface area (Å²) in [4.78, 5) is 12.3. The van der Waals surface area contributed by atoms with E-state index in [0.717, 1.165) is 6.42 Å². The van der Waals surface area contributed by atoms with Gasteiger partial charge in [0.15, 0.2) is 0 Å².